The number of anilines is 1. The Morgan fingerprint density at radius 3 is 2.73 bits per heavy atom. The van der Waals surface area contributed by atoms with Crippen molar-refractivity contribution < 1.29 is 8.42 Å². The standard InChI is InChI=1S/C9H11ClN2O2S/c1-6-4-5-11-9(10)8(6)12-15(13,14)7-2-3-7/h4-5,7,12H,2-3H2,1H3. The smallest absolute Gasteiger partial charge is 0.235 e. The van der Waals surface area contributed by atoms with Crippen LogP contribution in [-0.2, 0) is 10.0 Å². The van der Waals surface area contributed by atoms with Crippen molar-refractivity contribution in [3.63, 3.8) is 0 Å². The molecule has 1 fully saturated rings. The van der Waals surface area contributed by atoms with Crippen LogP contribution in [0.25, 0.3) is 0 Å². The summed E-state index contributed by atoms with van der Waals surface area (Å²) < 4.78 is 25.8. The third-order valence-electron chi connectivity index (χ3n) is 2.32. The van der Waals surface area contributed by atoms with Crippen LogP contribution in [0.5, 0.6) is 0 Å². The summed E-state index contributed by atoms with van der Waals surface area (Å²) in [6.07, 6.45) is 3.01. The lowest BCUT2D eigenvalue weighted by atomic mass is 10.3. The Morgan fingerprint density at radius 2 is 2.20 bits per heavy atom. The zero-order chi connectivity index (χ0) is 11.1. The van der Waals surface area contributed by atoms with Gasteiger partial charge >= 0.3 is 0 Å². The van der Waals surface area contributed by atoms with Crippen LogP contribution in [0.15, 0.2) is 12.3 Å². The Morgan fingerprint density at radius 1 is 1.53 bits per heavy atom. The quantitative estimate of drug-likeness (QED) is 0.830. The number of sulfonamides is 1. The molecule has 1 aromatic heterocycles. The summed E-state index contributed by atoms with van der Waals surface area (Å²) >= 11 is 5.82. The first kappa shape index (κ1) is 10.7. The molecule has 0 amide bonds. The van der Waals surface area contributed by atoms with Gasteiger partial charge < -0.3 is 0 Å². The molecule has 0 spiro atoms. The van der Waals surface area contributed by atoms with Crippen molar-refractivity contribution in [2.45, 2.75) is 25.0 Å². The first-order chi connectivity index (χ1) is 7.00. The van der Waals surface area contributed by atoms with E-state index in [1.807, 2.05) is 0 Å². The third-order valence-corrected chi connectivity index (χ3v) is 4.44. The molecule has 1 heterocycles. The molecule has 0 aromatic carbocycles. The molecule has 0 saturated heterocycles. The van der Waals surface area contributed by atoms with E-state index >= 15 is 0 Å². The predicted octanol–water partition coefficient (Wildman–Crippen LogP) is 1.95. The van der Waals surface area contributed by atoms with Gasteiger partial charge in [-0.1, -0.05) is 11.6 Å². The van der Waals surface area contributed by atoms with Crippen molar-refractivity contribution in [1.29, 1.82) is 0 Å². The largest absolute Gasteiger partial charge is 0.280 e. The summed E-state index contributed by atoms with van der Waals surface area (Å²) in [5, 5.41) is -0.0626. The van der Waals surface area contributed by atoms with Crippen LogP contribution in [0.1, 0.15) is 18.4 Å². The summed E-state index contributed by atoms with van der Waals surface area (Å²) in [5.74, 6) is 0. The Balaban J connectivity index is 2.31. The molecule has 0 unspecified atom stereocenters. The highest BCUT2D eigenvalue weighted by Gasteiger charge is 2.36. The predicted molar refractivity (Wildman–Crippen MR) is 59.5 cm³/mol. The molecule has 0 aliphatic heterocycles. The maximum Gasteiger partial charge on any atom is 0.235 e. The number of pyridine rings is 1. The van der Waals surface area contributed by atoms with Crippen LogP contribution < -0.4 is 4.72 Å². The van der Waals surface area contributed by atoms with Gasteiger partial charge in [0.05, 0.1) is 10.9 Å². The molecule has 4 nitrogen and oxygen atoms in total. The van der Waals surface area contributed by atoms with E-state index in [0.717, 1.165) is 18.4 Å². The molecule has 6 heteroatoms. The van der Waals surface area contributed by atoms with Gasteiger partial charge in [-0.15, -0.1) is 0 Å². The minimum atomic E-state index is -3.26. The van der Waals surface area contributed by atoms with E-state index < -0.39 is 10.0 Å². The summed E-state index contributed by atoms with van der Waals surface area (Å²) in [5.41, 5.74) is 1.17. The summed E-state index contributed by atoms with van der Waals surface area (Å²) in [6, 6.07) is 1.72. The van der Waals surface area contributed by atoms with E-state index in [-0.39, 0.29) is 10.4 Å². The number of nitrogens with one attached hydrogen (secondary N) is 1. The minimum absolute atomic E-state index is 0.194. The molecular weight excluding hydrogens is 236 g/mol. The second-order valence-corrected chi connectivity index (χ2v) is 5.96. The average molecular weight is 247 g/mol. The highest BCUT2D eigenvalue weighted by Crippen LogP contribution is 2.32. The van der Waals surface area contributed by atoms with Crippen LogP contribution in [0.3, 0.4) is 0 Å². The minimum Gasteiger partial charge on any atom is -0.280 e. The maximum absolute atomic E-state index is 11.7. The molecule has 1 saturated carbocycles. The topological polar surface area (TPSA) is 59.1 Å². The number of rotatable bonds is 3. The first-order valence-electron chi connectivity index (χ1n) is 4.63. The molecule has 1 aliphatic carbocycles. The van der Waals surface area contributed by atoms with Crippen LogP contribution >= 0.6 is 11.6 Å². The monoisotopic (exact) mass is 246 g/mol. The van der Waals surface area contributed by atoms with Gasteiger partial charge in [0.25, 0.3) is 0 Å². The fourth-order valence-corrected chi connectivity index (χ4v) is 3.03. The maximum atomic E-state index is 11.7. The normalized spacial score (nSPS) is 16.4. The average Bonchev–Trinajstić information content (AvgIpc) is 2.94. The van der Waals surface area contributed by atoms with Crippen molar-refractivity contribution in [3.8, 4) is 0 Å². The lowest BCUT2D eigenvalue weighted by Crippen LogP contribution is -2.18. The van der Waals surface area contributed by atoms with Gasteiger partial charge in [0.1, 0.15) is 0 Å². The van der Waals surface area contributed by atoms with Crippen LogP contribution in [0.4, 0.5) is 5.69 Å². The van der Waals surface area contributed by atoms with E-state index in [1.54, 1.807) is 19.2 Å². The van der Waals surface area contributed by atoms with Gasteiger partial charge in [0, 0.05) is 6.20 Å². The zero-order valence-corrected chi connectivity index (χ0v) is 9.77. The van der Waals surface area contributed by atoms with Gasteiger partial charge in [-0.05, 0) is 31.4 Å². The number of hydrogen-bond donors (Lipinski definition) is 1. The lowest BCUT2D eigenvalue weighted by Gasteiger charge is -2.10. The molecule has 1 N–H and O–H groups in total. The van der Waals surface area contributed by atoms with Crippen molar-refractivity contribution in [2.75, 3.05) is 4.72 Å². The second-order valence-electron chi connectivity index (χ2n) is 3.64. The van der Waals surface area contributed by atoms with Crippen molar-refractivity contribution in [1.82, 2.24) is 4.98 Å². The molecule has 15 heavy (non-hydrogen) atoms. The highest BCUT2D eigenvalue weighted by atomic mass is 35.5. The number of halogens is 1. The number of aromatic nitrogens is 1. The van der Waals surface area contributed by atoms with Gasteiger partial charge in [0.15, 0.2) is 5.15 Å². The molecule has 2 rings (SSSR count). The Labute approximate surface area is 93.7 Å². The Hall–Kier alpha value is -0.810. The second kappa shape index (κ2) is 3.64. The summed E-state index contributed by atoms with van der Waals surface area (Å²) in [7, 11) is -3.26. The molecule has 1 aliphatic rings. The fourth-order valence-electron chi connectivity index (χ4n) is 1.25. The van der Waals surface area contributed by atoms with Gasteiger partial charge in [-0.2, -0.15) is 0 Å². The summed E-state index contributed by atoms with van der Waals surface area (Å²) in [6.45, 7) is 1.79. The molecule has 0 atom stereocenters. The molecule has 1 aromatic rings. The van der Waals surface area contributed by atoms with E-state index in [9.17, 15) is 8.42 Å². The van der Waals surface area contributed by atoms with Crippen molar-refractivity contribution in [2.24, 2.45) is 0 Å². The SMILES string of the molecule is Cc1ccnc(Cl)c1NS(=O)(=O)C1CC1. The summed E-state index contributed by atoms with van der Waals surface area (Å²) in [4.78, 5) is 3.84. The van der Waals surface area contributed by atoms with Crippen LogP contribution in [0, 0.1) is 6.92 Å². The number of nitrogens with zero attached hydrogens (tertiary/aromatic N) is 1. The number of aryl methyl sites for hydroxylation is 1. The van der Waals surface area contributed by atoms with Crippen LogP contribution in [-0.4, -0.2) is 18.7 Å². The van der Waals surface area contributed by atoms with E-state index in [2.05, 4.69) is 9.71 Å². The van der Waals surface area contributed by atoms with Gasteiger partial charge in [-0.3, -0.25) is 4.72 Å². The van der Waals surface area contributed by atoms with Crippen LogP contribution in [0.2, 0.25) is 5.15 Å². The zero-order valence-electron chi connectivity index (χ0n) is 8.20. The Kier molecular flexibility index (Phi) is 2.60. The van der Waals surface area contributed by atoms with E-state index in [0.29, 0.717) is 5.69 Å². The Bertz CT molecular complexity index is 463. The first-order valence-corrected chi connectivity index (χ1v) is 6.56. The van der Waals surface area contributed by atoms with Crippen molar-refractivity contribution >= 4 is 27.3 Å². The third kappa shape index (κ3) is 2.23. The molecule has 82 valence electrons. The van der Waals surface area contributed by atoms with Gasteiger partial charge in [0.2, 0.25) is 10.0 Å². The van der Waals surface area contributed by atoms with E-state index in [1.165, 1.54) is 0 Å². The van der Waals surface area contributed by atoms with E-state index in [4.69, 9.17) is 11.6 Å². The molecule has 0 radical (unpaired) electrons. The number of hydrogen-bond acceptors (Lipinski definition) is 3. The van der Waals surface area contributed by atoms with Crippen molar-refractivity contribution in [3.05, 3.63) is 23.0 Å². The fraction of sp³-hybridized carbons (Fsp3) is 0.444. The van der Waals surface area contributed by atoms with Gasteiger partial charge in [-0.25, -0.2) is 13.4 Å². The highest BCUT2D eigenvalue weighted by molar-refractivity contribution is 7.93. The lowest BCUT2D eigenvalue weighted by molar-refractivity contribution is 0.600. The molecular formula is C9H11ClN2O2S. The molecule has 0 bridgehead atoms.